The third-order valence-electron chi connectivity index (χ3n) is 5.35. The molecule has 12 heteroatoms. The summed E-state index contributed by atoms with van der Waals surface area (Å²) in [4.78, 5) is 17.1. The summed E-state index contributed by atoms with van der Waals surface area (Å²) in [6.07, 6.45) is 0. The lowest BCUT2D eigenvalue weighted by atomic mass is 10.1. The number of benzene rings is 2. The molecular formula is C21H22N4O6S2. The second-order valence-corrected chi connectivity index (χ2v) is 10.0. The van der Waals surface area contributed by atoms with Crippen LogP contribution in [0.2, 0.25) is 0 Å². The first-order valence-corrected chi connectivity index (χ1v) is 12.3. The van der Waals surface area contributed by atoms with E-state index >= 15 is 0 Å². The maximum absolute atomic E-state index is 13.0. The topological polar surface area (TPSA) is 115 Å². The summed E-state index contributed by atoms with van der Waals surface area (Å²) in [6, 6.07) is 10.7. The summed E-state index contributed by atoms with van der Waals surface area (Å²) in [5, 5.41) is 13.7. The number of nitro benzene ring substituents is 1. The van der Waals surface area contributed by atoms with Crippen molar-refractivity contribution in [3.63, 3.8) is 0 Å². The molecule has 0 unspecified atom stereocenters. The molecule has 0 bridgehead atoms. The van der Waals surface area contributed by atoms with Crippen LogP contribution in [0.15, 0.2) is 52.7 Å². The molecular weight excluding hydrogens is 468 g/mol. The first-order chi connectivity index (χ1) is 15.8. The molecule has 10 nitrogen and oxygen atoms in total. The summed E-state index contributed by atoms with van der Waals surface area (Å²) in [7, 11) is -0.657. The van der Waals surface area contributed by atoms with Crippen molar-refractivity contribution in [2.24, 2.45) is 0 Å². The van der Waals surface area contributed by atoms with E-state index in [4.69, 9.17) is 14.5 Å². The zero-order valence-electron chi connectivity index (χ0n) is 18.0. The van der Waals surface area contributed by atoms with Crippen molar-refractivity contribution in [1.82, 2.24) is 9.29 Å². The predicted molar refractivity (Wildman–Crippen MR) is 125 cm³/mol. The number of nitro groups is 1. The lowest BCUT2D eigenvalue weighted by Crippen LogP contribution is -2.48. The fraction of sp³-hybridized carbons (Fsp3) is 0.286. The fourth-order valence-corrected chi connectivity index (χ4v) is 5.91. The Hall–Kier alpha value is -3.22. The van der Waals surface area contributed by atoms with Gasteiger partial charge in [-0.25, -0.2) is 13.4 Å². The molecule has 4 rings (SSSR count). The molecule has 0 amide bonds. The van der Waals surface area contributed by atoms with Gasteiger partial charge in [0.1, 0.15) is 0 Å². The molecule has 2 heterocycles. The van der Waals surface area contributed by atoms with Gasteiger partial charge in [0.25, 0.3) is 5.69 Å². The van der Waals surface area contributed by atoms with E-state index in [2.05, 4.69) is 0 Å². The van der Waals surface area contributed by atoms with Gasteiger partial charge in [-0.1, -0.05) is 6.07 Å². The van der Waals surface area contributed by atoms with E-state index in [1.807, 2.05) is 28.5 Å². The molecule has 174 valence electrons. The Morgan fingerprint density at radius 3 is 2.42 bits per heavy atom. The second kappa shape index (κ2) is 9.33. The number of anilines is 1. The molecule has 1 aliphatic rings. The SMILES string of the molecule is COc1ccc(-c2csc(N3CCN(S(=O)(=O)c4cccc([N+](=O)[O-])c4)CC3)n2)cc1OC. The smallest absolute Gasteiger partial charge is 0.270 e. The predicted octanol–water partition coefficient (Wildman–Crippen LogP) is 3.25. The fourth-order valence-electron chi connectivity index (χ4n) is 3.56. The van der Waals surface area contributed by atoms with Gasteiger partial charge in [0, 0.05) is 49.3 Å². The zero-order chi connectivity index (χ0) is 23.6. The van der Waals surface area contributed by atoms with Crippen molar-refractivity contribution in [2.75, 3.05) is 45.3 Å². The van der Waals surface area contributed by atoms with E-state index in [1.165, 1.54) is 33.8 Å². The largest absolute Gasteiger partial charge is 0.493 e. The molecule has 1 aromatic heterocycles. The van der Waals surface area contributed by atoms with E-state index in [0.29, 0.717) is 24.6 Å². The number of sulfonamides is 1. The lowest BCUT2D eigenvalue weighted by Gasteiger charge is -2.33. The number of hydrogen-bond acceptors (Lipinski definition) is 9. The number of thiazole rings is 1. The zero-order valence-corrected chi connectivity index (χ0v) is 19.6. The van der Waals surface area contributed by atoms with Gasteiger partial charge in [0.2, 0.25) is 10.0 Å². The molecule has 1 aliphatic heterocycles. The highest BCUT2D eigenvalue weighted by molar-refractivity contribution is 7.89. The highest BCUT2D eigenvalue weighted by Gasteiger charge is 2.30. The van der Waals surface area contributed by atoms with Crippen LogP contribution in [-0.4, -0.2) is 63.0 Å². The van der Waals surface area contributed by atoms with Gasteiger partial charge < -0.3 is 14.4 Å². The van der Waals surface area contributed by atoms with E-state index in [1.54, 1.807) is 14.2 Å². The minimum absolute atomic E-state index is 0.0739. The van der Waals surface area contributed by atoms with Gasteiger partial charge >= 0.3 is 0 Å². The molecule has 2 aromatic carbocycles. The van der Waals surface area contributed by atoms with E-state index in [-0.39, 0.29) is 23.7 Å². The molecule has 0 atom stereocenters. The number of rotatable bonds is 7. The molecule has 3 aromatic rings. The number of ether oxygens (including phenoxy) is 2. The normalized spacial score (nSPS) is 14.8. The van der Waals surface area contributed by atoms with Crippen LogP contribution < -0.4 is 14.4 Å². The Bertz CT molecular complexity index is 1270. The Balaban J connectivity index is 1.46. The van der Waals surface area contributed by atoms with Crippen LogP contribution in [-0.2, 0) is 10.0 Å². The third-order valence-corrected chi connectivity index (χ3v) is 8.14. The standard InChI is InChI=1S/C21H22N4O6S2/c1-30-19-7-6-15(12-20(19)31-2)18-14-32-21(22-18)23-8-10-24(11-9-23)33(28,29)17-5-3-4-16(13-17)25(26)27/h3-7,12-14H,8-11H2,1-2H3. The molecule has 1 fully saturated rings. The van der Waals surface area contributed by atoms with Crippen molar-refractivity contribution >= 4 is 32.2 Å². The first kappa shape index (κ1) is 23.0. The Morgan fingerprint density at radius 1 is 1.03 bits per heavy atom. The number of methoxy groups -OCH3 is 2. The van der Waals surface area contributed by atoms with Gasteiger partial charge in [-0.2, -0.15) is 4.31 Å². The highest BCUT2D eigenvalue weighted by Crippen LogP contribution is 2.34. The number of non-ortho nitro benzene ring substituents is 1. The quantitative estimate of drug-likeness (QED) is 0.366. The van der Waals surface area contributed by atoms with Gasteiger partial charge in [0.05, 0.1) is 29.7 Å². The van der Waals surface area contributed by atoms with Crippen molar-refractivity contribution in [3.8, 4) is 22.8 Å². The summed E-state index contributed by atoms with van der Waals surface area (Å²) in [5.41, 5.74) is 1.44. The Labute approximate surface area is 195 Å². The highest BCUT2D eigenvalue weighted by atomic mass is 32.2. The molecule has 0 radical (unpaired) electrons. The minimum atomic E-state index is -3.82. The van der Waals surface area contributed by atoms with Crippen LogP contribution >= 0.6 is 11.3 Å². The molecule has 0 saturated carbocycles. The molecule has 0 spiro atoms. The van der Waals surface area contributed by atoms with E-state index in [9.17, 15) is 18.5 Å². The van der Waals surface area contributed by atoms with Crippen molar-refractivity contribution in [1.29, 1.82) is 0 Å². The van der Waals surface area contributed by atoms with Gasteiger partial charge in [0.15, 0.2) is 16.6 Å². The molecule has 1 saturated heterocycles. The van der Waals surface area contributed by atoms with Crippen molar-refractivity contribution in [3.05, 3.63) is 58.0 Å². The van der Waals surface area contributed by atoms with Crippen LogP contribution in [0.1, 0.15) is 0 Å². The maximum atomic E-state index is 13.0. The summed E-state index contributed by atoms with van der Waals surface area (Å²) >= 11 is 1.48. The van der Waals surface area contributed by atoms with Crippen LogP contribution in [0, 0.1) is 10.1 Å². The van der Waals surface area contributed by atoms with Crippen LogP contribution in [0.3, 0.4) is 0 Å². The Kier molecular flexibility index (Phi) is 6.49. The molecule has 0 N–H and O–H groups in total. The number of piperazine rings is 1. The molecule has 33 heavy (non-hydrogen) atoms. The van der Waals surface area contributed by atoms with E-state index < -0.39 is 14.9 Å². The second-order valence-electron chi connectivity index (χ2n) is 7.23. The lowest BCUT2D eigenvalue weighted by molar-refractivity contribution is -0.385. The van der Waals surface area contributed by atoms with Gasteiger partial charge in [-0.05, 0) is 24.3 Å². The maximum Gasteiger partial charge on any atom is 0.270 e. The summed E-state index contributed by atoms with van der Waals surface area (Å²) in [5.74, 6) is 1.25. The van der Waals surface area contributed by atoms with Crippen LogP contribution in [0.25, 0.3) is 11.3 Å². The monoisotopic (exact) mass is 490 g/mol. The number of aromatic nitrogens is 1. The Morgan fingerprint density at radius 2 is 1.76 bits per heavy atom. The summed E-state index contributed by atoms with van der Waals surface area (Å²) in [6.45, 7) is 1.45. The minimum Gasteiger partial charge on any atom is -0.493 e. The number of hydrogen-bond donors (Lipinski definition) is 0. The van der Waals surface area contributed by atoms with Crippen LogP contribution in [0.4, 0.5) is 10.8 Å². The average Bonchev–Trinajstić information content (AvgIpc) is 3.34. The van der Waals surface area contributed by atoms with Crippen LogP contribution in [0.5, 0.6) is 11.5 Å². The molecule has 0 aliphatic carbocycles. The van der Waals surface area contributed by atoms with Gasteiger partial charge in [-0.15, -0.1) is 11.3 Å². The summed E-state index contributed by atoms with van der Waals surface area (Å²) < 4.78 is 37.9. The van der Waals surface area contributed by atoms with E-state index in [0.717, 1.165) is 22.5 Å². The number of nitrogens with zero attached hydrogens (tertiary/aromatic N) is 4. The first-order valence-electron chi connectivity index (χ1n) is 10.0. The third kappa shape index (κ3) is 4.63. The van der Waals surface area contributed by atoms with Crippen molar-refractivity contribution < 1.29 is 22.8 Å². The van der Waals surface area contributed by atoms with Crippen molar-refractivity contribution in [2.45, 2.75) is 4.90 Å². The average molecular weight is 491 g/mol. The van der Waals surface area contributed by atoms with Gasteiger partial charge in [-0.3, -0.25) is 10.1 Å².